The second-order valence-electron chi connectivity index (χ2n) is 8.47. The maximum atomic E-state index is 9.65. The fourth-order valence-electron chi connectivity index (χ4n) is 4.76. The quantitative estimate of drug-likeness (QED) is 0.622. The maximum Gasteiger partial charge on any atom is 0.130 e. The fourth-order valence-corrected chi connectivity index (χ4v) is 5.80. The van der Waals surface area contributed by atoms with E-state index in [0.717, 1.165) is 47.3 Å². The average Bonchev–Trinajstić information content (AvgIpc) is 3.42. The zero-order valence-corrected chi connectivity index (χ0v) is 18.2. The number of thiophene rings is 1. The van der Waals surface area contributed by atoms with Crippen molar-refractivity contribution < 1.29 is 0 Å². The molecule has 1 saturated heterocycles. The summed E-state index contributed by atoms with van der Waals surface area (Å²) in [7, 11) is 2.18. The molecule has 1 aliphatic heterocycles. The highest BCUT2D eigenvalue weighted by Crippen LogP contribution is 2.43. The van der Waals surface area contributed by atoms with Gasteiger partial charge in [-0.25, -0.2) is 4.98 Å². The van der Waals surface area contributed by atoms with E-state index in [9.17, 15) is 5.26 Å². The number of nitrogens with zero attached hydrogens (tertiary/aromatic N) is 4. The van der Waals surface area contributed by atoms with Crippen LogP contribution in [0, 0.1) is 11.3 Å². The molecule has 0 spiro atoms. The van der Waals surface area contributed by atoms with Crippen molar-refractivity contribution in [2.75, 3.05) is 43.4 Å². The van der Waals surface area contributed by atoms with E-state index in [0.29, 0.717) is 5.92 Å². The van der Waals surface area contributed by atoms with Crippen molar-refractivity contribution >= 4 is 38.6 Å². The van der Waals surface area contributed by atoms with Crippen LogP contribution < -0.4 is 10.2 Å². The molecule has 5 rings (SSSR count). The van der Waals surface area contributed by atoms with E-state index >= 15 is 0 Å². The largest absolute Gasteiger partial charge is 0.369 e. The predicted molar refractivity (Wildman–Crippen MR) is 125 cm³/mol. The van der Waals surface area contributed by atoms with E-state index in [1.807, 2.05) is 6.20 Å². The number of nitriles is 1. The van der Waals surface area contributed by atoms with E-state index in [2.05, 4.69) is 63.5 Å². The fraction of sp³-hybridized carbons (Fsp3) is 0.417. The molecule has 1 N–H and O–H groups in total. The Balaban J connectivity index is 1.37. The third-order valence-electron chi connectivity index (χ3n) is 6.49. The summed E-state index contributed by atoms with van der Waals surface area (Å²) in [5, 5.41) is 14.3. The highest BCUT2D eigenvalue weighted by molar-refractivity contribution is 7.19. The first-order valence-electron chi connectivity index (χ1n) is 10.8. The van der Waals surface area contributed by atoms with Crippen LogP contribution in [0.25, 0.3) is 10.1 Å². The van der Waals surface area contributed by atoms with Crippen molar-refractivity contribution in [1.82, 2.24) is 9.88 Å². The molecule has 2 fully saturated rings. The molecular formula is C24H27N5S. The van der Waals surface area contributed by atoms with Crippen molar-refractivity contribution in [1.29, 1.82) is 5.26 Å². The Kier molecular flexibility index (Phi) is 5.32. The normalized spacial score (nSPS) is 18.1. The summed E-state index contributed by atoms with van der Waals surface area (Å²) in [6.07, 6.45) is 6.84. The monoisotopic (exact) mass is 417 g/mol. The van der Waals surface area contributed by atoms with Gasteiger partial charge in [0.1, 0.15) is 16.8 Å². The van der Waals surface area contributed by atoms with Crippen LogP contribution in [0.3, 0.4) is 0 Å². The number of aromatic nitrogens is 1. The van der Waals surface area contributed by atoms with Crippen molar-refractivity contribution in [3.63, 3.8) is 0 Å². The molecule has 0 unspecified atom stereocenters. The maximum absolute atomic E-state index is 9.65. The van der Waals surface area contributed by atoms with Crippen LogP contribution in [0.5, 0.6) is 0 Å². The third-order valence-corrected chi connectivity index (χ3v) is 7.55. The molecule has 0 radical (unpaired) electrons. The lowest BCUT2D eigenvalue weighted by molar-refractivity contribution is 0.313. The first-order chi connectivity index (χ1) is 14.7. The molecule has 0 atom stereocenters. The van der Waals surface area contributed by atoms with Gasteiger partial charge in [0.2, 0.25) is 0 Å². The molecule has 3 aromatic rings. The lowest BCUT2D eigenvalue weighted by Gasteiger charge is -2.34. The molecule has 3 heterocycles. The molecule has 2 aliphatic rings. The molecule has 1 saturated carbocycles. The standard InChI is InChI=1S/C24H27N5S/c1-28-10-12-29(13-11-28)19-8-6-18(7-9-19)27-23-14-20-22(16-26-23)30-21(15-25)24(20)17-4-2-3-5-17/h6-9,14,16-17H,2-5,10-13H2,1H3,(H,26,27). The Morgan fingerprint density at radius 2 is 1.83 bits per heavy atom. The van der Waals surface area contributed by atoms with Crippen LogP contribution >= 0.6 is 11.3 Å². The first-order valence-corrected chi connectivity index (χ1v) is 11.7. The van der Waals surface area contributed by atoms with Crippen molar-refractivity contribution in [3.8, 4) is 6.07 Å². The minimum Gasteiger partial charge on any atom is -0.369 e. The third kappa shape index (κ3) is 3.76. The van der Waals surface area contributed by atoms with Crippen LogP contribution in [-0.4, -0.2) is 43.1 Å². The molecule has 0 amide bonds. The first kappa shape index (κ1) is 19.3. The summed E-state index contributed by atoms with van der Waals surface area (Å²) in [5.74, 6) is 1.36. The Morgan fingerprint density at radius 3 is 2.53 bits per heavy atom. The Hall–Kier alpha value is -2.62. The van der Waals surface area contributed by atoms with Gasteiger partial charge in [-0.3, -0.25) is 0 Å². The molecule has 0 bridgehead atoms. The number of hydrogen-bond acceptors (Lipinski definition) is 6. The Bertz CT molecular complexity index is 1070. The van der Waals surface area contributed by atoms with Crippen LogP contribution in [0.2, 0.25) is 0 Å². The number of rotatable bonds is 4. The van der Waals surface area contributed by atoms with Crippen molar-refractivity contribution in [2.45, 2.75) is 31.6 Å². The molecule has 30 heavy (non-hydrogen) atoms. The second-order valence-corrected chi connectivity index (χ2v) is 9.52. The van der Waals surface area contributed by atoms with E-state index in [1.54, 1.807) is 11.3 Å². The number of benzene rings is 1. The average molecular weight is 418 g/mol. The van der Waals surface area contributed by atoms with Gasteiger partial charge in [-0.2, -0.15) is 5.26 Å². The van der Waals surface area contributed by atoms with Crippen molar-refractivity contribution in [3.05, 3.63) is 47.0 Å². The summed E-state index contributed by atoms with van der Waals surface area (Å²) >= 11 is 1.58. The highest BCUT2D eigenvalue weighted by Gasteiger charge is 2.24. The van der Waals surface area contributed by atoms with E-state index in [4.69, 9.17) is 0 Å². The van der Waals surface area contributed by atoms with Gasteiger partial charge in [-0.1, -0.05) is 12.8 Å². The van der Waals surface area contributed by atoms with Gasteiger partial charge < -0.3 is 15.1 Å². The molecule has 1 aromatic carbocycles. The summed E-state index contributed by atoms with van der Waals surface area (Å²) in [4.78, 5) is 10.3. The Morgan fingerprint density at radius 1 is 1.10 bits per heavy atom. The zero-order valence-electron chi connectivity index (χ0n) is 17.4. The zero-order chi connectivity index (χ0) is 20.5. The molecule has 1 aliphatic carbocycles. The molecule has 6 heteroatoms. The minimum absolute atomic E-state index is 0.520. The van der Waals surface area contributed by atoms with Gasteiger partial charge in [0, 0.05) is 49.1 Å². The number of nitrogens with one attached hydrogen (secondary N) is 1. The van der Waals surface area contributed by atoms with Gasteiger partial charge in [0.15, 0.2) is 0 Å². The SMILES string of the molecule is CN1CCN(c2ccc(Nc3cc4c(C5CCCC5)c(C#N)sc4cn3)cc2)CC1. The van der Waals surface area contributed by atoms with Gasteiger partial charge in [-0.05, 0) is 61.7 Å². The number of piperazine rings is 1. The van der Waals surface area contributed by atoms with E-state index < -0.39 is 0 Å². The Labute approximate surface area is 181 Å². The number of fused-ring (bicyclic) bond motifs is 1. The van der Waals surface area contributed by atoms with Crippen LogP contribution in [0.4, 0.5) is 17.2 Å². The van der Waals surface area contributed by atoms with Gasteiger partial charge in [0.05, 0.1) is 4.70 Å². The summed E-state index contributed by atoms with van der Waals surface area (Å²) in [5.41, 5.74) is 3.57. The molecule has 5 nitrogen and oxygen atoms in total. The van der Waals surface area contributed by atoms with Gasteiger partial charge in [-0.15, -0.1) is 11.3 Å². The van der Waals surface area contributed by atoms with Crippen LogP contribution in [-0.2, 0) is 0 Å². The lowest BCUT2D eigenvalue weighted by Crippen LogP contribution is -2.44. The number of pyridine rings is 1. The van der Waals surface area contributed by atoms with E-state index in [1.165, 1.54) is 42.3 Å². The van der Waals surface area contributed by atoms with Crippen LogP contribution in [0.1, 0.15) is 42.0 Å². The van der Waals surface area contributed by atoms with Crippen LogP contribution in [0.15, 0.2) is 36.5 Å². The smallest absolute Gasteiger partial charge is 0.130 e. The van der Waals surface area contributed by atoms with E-state index in [-0.39, 0.29) is 0 Å². The number of anilines is 3. The molecule has 2 aromatic heterocycles. The molecule has 154 valence electrons. The van der Waals surface area contributed by atoms with Gasteiger partial charge >= 0.3 is 0 Å². The summed E-state index contributed by atoms with van der Waals surface area (Å²) in [6, 6.07) is 13.2. The lowest BCUT2D eigenvalue weighted by atomic mass is 9.95. The highest BCUT2D eigenvalue weighted by atomic mass is 32.1. The minimum atomic E-state index is 0.520. The van der Waals surface area contributed by atoms with Gasteiger partial charge in [0.25, 0.3) is 0 Å². The number of likely N-dealkylation sites (N-methyl/N-ethyl adjacent to an activating group) is 1. The van der Waals surface area contributed by atoms with Crippen molar-refractivity contribution in [2.24, 2.45) is 0 Å². The predicted octanol–water partition coefficient (Wildman–Crippen LogP) is 5.32. The summed E-state index contributed by atoms with van der Waals surface area (Å²) in [6.45, 7) is 4.37. The molecular weight excluding hydrogens is 390 g/mol. The summed E-state index contributed by atoms with van der Waals surface area (Å²) < 4.78 is 1.12. The second kappa shape index (κ2) is 8.25. The topological polar surface area (TPSA) is 55.2 Å². The number of hydrogen-bond donors (Lipinski definition) is 1.